The number of Topliss-reactive ketones (excluding diaryl/α,β-unsaturated/α-hetero) is 1. The van der Waals surface area contributed by atoms with Crippen LogP contribution in [0.4, 0.5) is 0 Å². The minimum atomic E-state index is -0.0145. The molecule has 0 bridgehead atoms. The molecule has 0 N–H and O–H groups in total. The number of unbranched alkanes of at least 4 members (excludes halogenated alkanes) is 1. The van der Waals surface area contributed by atoms with Crippen molar-refractivity contribution < 1.29 is 14.3 Å². The van der Waals surface area contributed by atoms with Crippen molar-refractivity contribution in [1.29, 1.82) is 5.26 Å². The first-order valence-electron chi connectivity index (χ1n) is 5.37. The van der Waals surface area contributed by atoms with Gasteiger partial charge in [-0.3, -0.25) is 4.79 Å². The first-order chi connectivity index (χ1) is 8.19. The van der Waals surface area contributed by atoms with Gasteiger partial charge in [-0.1, -0.05) is 0 Å². The summed E-state index contributed by atoms with van der Waals surface area (Å²) >= 11 is 0. The highest BCUT2D eigenvalue weighted by Crippen LogP contribution is 2.28. The third kappa shape index (κ3) is 3.80. The van der Waals surface area contributed by atoms with Crippen LogP contribution >= 0.6 is 0 Å². The Hall–Kier alpha value is -2.02. The monoisotopic (exact) mass is 233 g/mol. The van der Waals surface area contributed by atoms with Crippen LogP contribution in [-0.2, 0) is 0 Å². The molecule has 0 aromatic heterocycles. The van der Waals surface area contributed by atoms with E-state index >= 15 is 0 Å². The van der Waals surface area contributed by atoms with E-state index in [1.54, 1.807) is 18.2 Å². The number of carbonyl (C=O) groups excluding carboxylic acids is 1. The lowest BCUT2D eigenvalue weighted by molar-refractivity contribution is 0.101. The second-order valence-corrected chi connectivity index (χ2v) is 3.53. The predicted octanol–water partition coefficient (Wildman–Crippen LogP) is 2.58. The summed E-state index contributed by atoms with van der Waals surface area (Å²) in [4.78, 5) is 11.2. The Morgan fingerprint density at radius 3 is 2.76 bits per heavy atom. The summed E-state index contributed by atoms with van der Waals surface area (Å²) < 4.78 is 10.6. The summed E-state index contributed by atoms with van der Waals surface area (Å²) in [6.45, 7) is 1.96. The van der Waals surface area contributed by atoms with Gasteiger partial charge >= 0.3 is 0 Å². The minimum absolute atomic E-state index is 0.0145. The zero-order chi connectivity index (χ0) is 12.7. The van der Waals surface area contributed by atoms with Crippen LogP contribution in [0.1, 0.15) is 30.1 Å². The standard InChI is InChI=1S/C13H15NO3/c1-10(15)11-5-6-12(13(9-11)16-2)17-8-4-3-7-14/h5-6,9H,3-4,8H2,1-2H3. The average molecular weight is 233 g/mol. The summed E-state index contributed by atoms with van der Waals surface area (Å²) in [5, 5.41) is 8.39. The van der Waals surface area contributed by atoms with Crippen LogP contribution in [0.15, 0.2) is 18.2 Å². The van der Waals surface area contributed by atoms with E-state index in [2.05, 4.69) is 6.07 Å². The molecule has 0 fully saturated rings. The van der Waals surface area contributed by atoms with Crippen molar-refractivity contribution in [3.05, 3.63) is 23.8 Å². The molecule has 0 amide bonds. The highest BCUT2D eigenvalue weighted by atomic mass is 16.5. The van der Waals surface area contributed by atoms with E-state index in [0.717, 1.165) is 0 Å². The lowest BCUT2D eigenvalue weighted by Crippen LogP contribution is -2.00. The number of carbonyl (C=O) groups is 1. The number of hydrogen-bond donors (Lipinski definition) is 0. The number of ketones is 1. The van der Waals surface area contributed by atoms with Crippen molar-refractivity contribution in [1.82, 2.24) is 0 Å². The van der Waals surface area contributed by atoms with Gasteiger partial charge in [-0.05, 0) is 31.5 Å². The van der Waals surface area contributed by atoms with Crippen molar-refractivity contribution in [2.24, 2.45) is 0 Å². The Morgan fingerprint density at radius 1 is 1.41 bits per heavy atom. The Labute approximate surface area is 101 Å². The molecule has 1 rings (SSSR count). The maximum atomic E-state index is 11.2. The molecule has 1 aromatic rings. The third-order valence-corrected chi connectivity index (χ3v) is 2.26. The van der Waals surface area contributed by atoms with Crippen molar-refractivity contribution >= 4 is 5.78 Å². The summed E-state index contributed by atoms with van der Waals surface area (Å²) in [6.07, 6.45) is 1.14. The van der Waals surface area contributed by atoms with Gasteiger partial charge in [-0.25, -0.2) is 0 Å². The van der Waals surface area contributed by atoms with Gasteiger partial charge in [-0.2, -0.15) is 5.26 Å². The fraction of sp³-hybridized carbons (Fsp3) is 0.385. The Kier molecular flexibility index (Phi) is 5.02. The highest BCUT2D eigenvalue weighted by Gasteiger charge is 2.07. The fourth-order valence-electron chi connectivity index (χ4n) is 1.34. The first-order valence-corrected chi connectivity index (χ1v) is 5.37. The molecule has 0 saturated carbocycles. The van der Waals surface area contributed by atoms with E-state index in [4.69, 9.17) is 14.7 Å². The van der Waals surface area contributed by atoms with Gasteiger partial charge in [0.15, 0.2) is 17.3 Å². The lowest BCUT2D eigenvalue weighted by atomic mass is 10.1. The number of nitriles is 1. The Bertz CT molecular complexity index is 435. The van der Waals surface area contributed by atoms with Gasteiger partial charge in [0, 0.05) is 12.0 Å². The number of ether oxygens (including phenoxy) is 2. The smallest absolute Gasteiger partial charge is 0.161 e. The van der Waals surface area contributed by atoms with E-state index < -0.39 is 0 Å². The molecule has 90 valence electrons. The van der Waals surface area contributed by atoms with Gasteiger partial charge in [-0.15, -0.1) is 0 Å². The topological polar surface area (TPSA) is 59.3 Å². The molecule has 17 heavy (non-hydrogen) atoms. The first kappa shape index (κ1) is 13.0. The second kappa shape index (κ2) is 6.54. The normalized spacial score (nSPS) is 9.47. The van der Waals surface area contributed by atoms with Crippen LogP contribution < -0.4 is 9.47 Å². The largest absolute Gasteiger partial charge is 0.493 e. The Morgan fingerprint density at radius 2 is 2.18 bits per heavy atom. The fourth-order valence-corrected chi connectivity index (χ4v) is 1.34. The predicted molar refractivity (Wildman–Crippen MR) is 63.3 cm³/mol. The van der Waals surface area contributed by atoms with E-state index in [-0.39, 0.29) is 5.78 Å². The van der Waals surface area contributed by atoms with Gasteiger partial charge in [0.2, 0.25) is 0 Å². The molecule has 1 aromatic carbocycles. The van der Waals surface area contributed by atoms with Gasteiger partial charge < -0.3 is 9.47 Å². The third-order valence-electron chi connectivity index (χ3n) is 2.26. The number of benzene rings is 1. The van der Waals surface area contributed by atoms with E-state index in [1.165, 1.54) is 14.0 Å². The van der Waals surface area contributed by atoms with Crippen molar-refractivity contribution in [3.8, 4) is 17.6 Å². The van der Waals surface area contributed by atoms with Gasteiger partial charge in [0.1, 0.15) is 0 Å². The maximum Gasteiger partial charge on any atom is 0.161 e. The number of rotatable bonds is 6. The molecule has 0 unspecified atom stereocenters. The molecule has 0 saturated heterocycles. The molecule has 0 spiro atoms. The lowest BCUT2D eigenvalue weighted by Gasteiger charge is -2.10. The number of nitrogens with zero attached hydrogens (tertiary/aromatic N) is 1. The van der Waals surface area contributed by atoms with Crippen LogP contribution in [0.2, 0.25) is 0 Å². The minimum Gasteiger partial charge on any atom is -0.493 e. The zero-order valence-corrected chi connectivity index (χ0v) is 10.0. The molecule has 0 aliphatic heterocycles. The molecule has 0 aliphatic carbocycles. The molecule has 0 radical (unpaired) electrons. The average Bonchev–Trinajstić information content (AvgIpc) is 2.34. The second-order valence-electron chi connectivity index (χ2n) is 3.53. The van der Waals surface area contributed by atoms with Crippen LogP contribution in [0.25, 0.3) is 0 Å². The molecule has 0 heterocycles. The van der Waals surface area contributed by atoms with E-state index in [0.29, 0.717) is 36.5 Å². The van der Waals surface area contributed by atoms with Crippen molar-refractivity contribution in [2.45, 2.75) is 19.8 Å². The molecular weight excluding hydrogens is 218 g/mol. The van der Waals surface area contributed by atoms with Crippen molar-refractivity contribution in [3.63, 3.8) is 0 Å². The SMILES string of the molecule is COc1cc(C(C)=O)ccc1OCCCC#N. The maximum absolute atomic E-state index is 11.2. The van der Waals surface area contributed by atoms with Crippen LogP contribution in [0.3, 0.4) is 0 Å². The summed E-state index contributed by atoms with van der Waals surface area (Å²) in [7, 11) is 1.53. The molecule has 0 aliphatic rings. The Balaban J connectivity index is 2.72. The van der Waals surface area contributed by atoms with E-state index in [9.17, 15) is 4.79 Å². The summed E-state index contributed by atoms with van der Waals surface area (Å²) in [5.74, 6) is 1.12. The molecule has 0 atom stereocenters. The van der Waals surface area contributed by atoms with E-state index in [1.807, 2.05) is 0 Å². The highest BCUT2D eigenvalue weighted by molar-refractivity contribution is 5.94. The van der Waals surface area contributed by atoms with Crippen LogP contribution in [0, 0.1) is 11.3 Å². The molecule has 4 heteroatoms. The quantitative estimate of drug-likeness (QED) is 0.559. The van der Waals surface area contributed by atoms with Crippen molar-refractivity contribution in [2.75, 3.05) is 13.7 Å². The zero-order valence-electron chi connectivity index (χ0n) is 10.0. The summed E-state index contributed by atoms with van der Waals surface area (Å²) in [5.41, 5.74) is 0.589. The van der Waals surface area contributed by atoms with Crippen LogP contribution in [0.5, 0.6) is 11.5 Å². The summed E-state index contributed by atoms with van der Waals surface area (Å²) in [6, 6.07) is 7.11. The molecule has 4 nitrogen and oxygen atoms in total. The number of hydrogen-bond acceptors (Lipinski definition) is 4. The number of methoxy groups -OCH3 is 1. The molecular formula is C13H15NO3. The van der Waals surface area contributed by atoms with Crippen LogP contribution in [-0.4, -0.2) is 19.5 Å². The van der Waals surface area contributed by atoms with Gasteiger partial charge in [0.25, 0.3) is 0 Å². The van der Waals surface area contributed by atoms with Gasteiger partial charge in [0.05, 0.1) is 19.8 Å².